The third-order valence-electron chi connectivity index (χ3n) is 9.18. The number of carboxylic acids is 1. The Balaban J connectivity index is 1.62. The van der Waals surface area contributed by atoms with E-state index in [1.54, 1.807) is 18.2 Å². The molecule has 10 nitrogen and oxygen atoms in total. The number of nitrogens with zero attached hydrogens (tertiary/aromatic N) is 4. The maximum Gasteiger partial charge on any atom is 0.326 e. The summed E-state index contributed by atoms with van der Waals surface area (Å²) >= 11 is 0. The lowest BCUT2D eigenvalue weighted by Gasteiger charge is -2.35. The number of anilines is 1. The van der Waals surface area contributed by atoms with E-state index in [2.05, 4.69) is 42.1 Å². The standard InChI is InChI=1S/C32H45N5O5/c1-32(2,3)24-25(34-18-21-16-20(19-10-7-11-19)17-35-29(21)41-6)26(22-12-8-14-33-28(22)36(4)5)37(27(24)31(39)40)30(38)23-13-9-15-42-23/h8,12,14,16-17,19,23-27,34H,7,9-11,13,15,18H2,1-6H3,(H,39,40)/t23-,24-,25-,26-,27-/m0/s1. The average molecular weight is 580 g/mol. The number of ether oxygens (including phenoxy) is 2. The van der Waals surface area contributed by atoms with Crippen LogP contribution in [-0.4, -0.2) is 77.9 Å². The number of methoxy groups -OCH3 is 1. The van der Waals surface area contributed by atoms with Crippen molar-refractivity contribution in [3.05, 3.63) is 47.3 Å². The van der Waals surface area contributed by atoms with Gasteiger partial charge in [0.2, 0.25) is 5.88 Å². The van der Waals surface area contributed by atoms with E-state index in [9.17, 15) is 14.7 Å². The van der Waals surface area contributed by atoms with Crippen molar-refractivity contribution in [2.45, 2.75) is 89.6 Å². The van der Waals surface area contributed by atoms with Gasteiger partial charge in [0.1, 0.15) is 18.0 Å². The van der Waals surface area contributed by atoms with Crippen LogP contribution in [0, 0.1) is 11.3 Å². The first-order valence-electron chi connectivity index (χ1n) is 15.1. The zero-order valence-corrected chi connectivity index (χ0v) is 25.7. The van der Waals surface area contributed by atoms with Crippen molar-refractivity contribution in [2.75, 3.05) is 32.7 Å². The third-order valence-corrected chi connectivity index (χ3v) is 9.18. The molecule has 2 N–H and O–H groups in total. The van der Waals surface area contributed by atoms with Crippen LogP contribution in [0.2, 0.25) is 0 Å². The number of carbonyl (C=O) groups is 2. The van der Waals surface area contributed by atoms with E-state index in [0.29, 0.717) is 37.2 Å². The van der Waals surface area contributed by atoms with Crippen molar-refractivity contribution in [1.82, 2.24) is 20.2 Å². The Kier molecular flexibility index (Phi) is 8.76. The summed E-state index contributed by atoms with van der Waals surface area (Å²) in [7, 11) is 5.44. The smallest absolute Gasteiger partial charge is 0.326 e. The molecule has 2 aromatic heterocycles. The van der Waals surface area contributed by atoms with Gasteiger partial charge in [0.25, 0.3) is 5.91 Å². The number of aliphatic carboxylic acids is 1. The molecular formula is C32H45N5O5. The number of hydrogen-bond donors (Lipinski definition) is 2. The number of carbonyl (C=O) groups excluding carboxylic acids is 1. The van der Waals surface area contributed by atoms with Crippen molar-refractivity contribution < 1.29 is 24.2 Å². The fraction of sp³-hybridized carbons (Fsp3) is 0.625. The minimum Gasteiger partial charge on any atom is -0.481 e. The number of aromatic nitrogens is 2. The van der Waals surface area contributed by atoms with Crippen LogP contribution in [0.15, 0.2) is 30.6 Å². The molecule has 2 aromatic rings. The minimum absolute atomic E-state index is 0.275. The van der Waals surface area contributed by atoms with Crippen molar-refractivity contribution in [3.8, 4) is 5.88 Å². The molecule has 5 rings (SSSR count). The van der Waals surface area contributed by atoms with E-state index >= 15 is 0 Å². The highest BCUT2D eigenvalue weighted by Gasteiger charge is 2.59. The third kappa shape index (κ3) is 5.71. The van der Waals surface area contributed by atoms with Crippen LogP contribution in [-0.2, 0) is 20.9 Å². The Labute approximate surface area is 248 Å². The first-order valence-corrected chi connectivity index (χ1v) is 15.1. The summed E-state index contributed by atoms with van der Waals surface area (Å²) < 4.78 is 11.5. The van der Waals surface area contributed by atoms with Gasteiger partial charge < -0.3 is 29.7 Å². The predicted octanol–water partition coefficient (Wildman–Crippen LogP) is 4.15. The Hall–Kier alpha value is -3.24. The lowest BCUT2D eigenvalue weighted by molar-refractivity contribution is -0.156. The largest absolute Gasteiger partial charge is 0.481 e. The summed E-state index contributed by atoms with van der Waals surface area (Å²) in [5.74, 6) is 0.0431. The first-order chi connectivity index (χ1) is 20.0. The van der Waals surface area contributed by atoms with Crippen molar-refractivity contribution in [2.24, 2.45) is 11.3 Å². The highest BCUT2D eigenvalue weighted by Crippen LogP contribution is 2.50. The highest BCUT2D eigenvalue weighted by molar-refractivity contribution is 5.88. The summed E-state index contributed by atoms with van der Waals surface area (Å²) in [6, 6.07) is 3.92. The topological polar surface area (TPSA) is 117 Å². The molecule has 0 bridgehead atoms. The molecule has 2 aliphatic heterocycles. The summed E-state index contributed by atoms with van der Waals surface area (Å²) in [5.41, 5.74) is 2.47. The molecule has 0 radical (unpaired) electrons. The number of hydrogen-bond acceptors (Lipinski definition) is 8. The maximum absolute atomic E-state index is 14.2. The molecule has 4 heterocycles. The first kappa shape index (κ1) is 30.2. The molecule has 5 atom stereocenters. The van der Waals surface area contributed by atoms with Crippen LogP contribution < -0.4 is 15.0 Å². The monoisotopic (exact) mass is 579 g/mol. The average Bonchev–Trinajstić information content (AvgIpc) is 3.57. The van der Waals surface area contributed by atoms with Gasteiger partial charge in [-0.25, -0.2) is 14.8 Å². The lowest BCUT2D eigenvalue weighted by Crippen LogP contribution is -2.50. The van der Waals surface area contributed by atoms with Gasteiger partial charge in [-0.05, 0) is 54.7 Å². The Morgan fingerprint density at radius 2 is 1.95 bits per heavy atom. The van der Waals surface area contributed by atoms with E-state index < -0.39 is 41.5 Å². The fourth-order valence-electron chi connectivity index (χ4n) is 7.02. The van der Waals surface area contributed by atoms with Crippen molar-refractivity contribution in [1.29, 1.82) is 0 Å². The molecule has 0 spiro atoms. The van der Waals surface area contributed by atoms with Crippen LogP contribution >= 0.6 is 0 Å². The van der Waals surface area contributed by atoms with Crippen LogP contribution in [0.5, 0.6) is 5.88 Å². The Morgan fingerprint density at radius 1 is 1.19 bits per heavy atom. The molecular weight excluding hydrogens is 534 g/mol. The molecule has 228 valence electrons. The number of amides is 1. The zero-order valence-electron chi connectivity index (χ0n) is 25.7. The van der Waals surface area contributed by atoms with Crippen molar-refractivity contribution in [3.63, 3.8) is 0 Å². The minimum atomic E-state index is -1.05. The molecule has 1 amide bonds. The number of carboxylic acid groups (broad SMARTS) is 1. The molecule has 1 saturated carbocycles. The van der Waals surface area contributed by atoms with Gasteiger partial charge in [-0.1, -0.05) is 33.3 Å². The van der Waals surface area contributed by atoms with Crippen LogP contribution in [0.3, 0.4) is 0 Å². The molecule has 1 aliphatic carbocycles. The van der Waals surface area contributed by atoms with Crippen LogP contribution in [0.4, 0.5) is 5.82 Å². The maximum atomic E-state index is 14.2. The molecule has 42 heavy (non-hydrogen) atoms. The predicted molar refractivity (Wildman–Crippen MR) is 160 cm³/mol. The fourth-order valence-corrected chi connectivity index (χ4v) is 7.02. The second-order valence-corrected chi connectivity index (χ2v) is 13.1. The SMILES string of the molecule is COc1ncc(C2CCC2)cc1CN[C@H]1[C@H](C(C)(C)C)[C@@H](C(=O)O)N(C(=O)[C@@H]2CCCO2)[C@H]1c1cccnc1N(C)C. The number of rotatable bonds is 9. The van der Waals surface area contributed by atoms with Crippen molar-refractivity contribution >= 4 is 17.7 Å². The van der Waals surface area contributed by atoms with Crippen LogP contribution in [0.1, 0.15) is 81.5 Å². The van der Waals surface area contributed by atoms with E-state index in [0.717, 1.165) is 30.4 Å². The van der Waals surface area contributed by atoms with E-state index in [-0.39, 0.29) is 5.91 Å². The number of nitrogens with one attached hydrogen (secondary N) is 1. The van der Waals surface area contributed by atoms with E-state index in [1.807, 2.05) is 37.3 Å². The van der Waals surface area contributed by atoms with Gasteiger partial charge in [-0.15, -0.1) is 0 Å². The molecule has 0 unspecified atom stereocenters. The summed E-state index contributed by atoms with van der Waals surface area (Å²) in [4.78, 5) is 40.1. The Morgan fingerprint density at radius 3 is 2.52 bits per heavy atom. The molecule has 0 aromatic carbocycles. The van der Waals surface area contributed by atoms with Gasteiger partial charge in [0, 0.05) is 62.7 Å². The van der Waals surface area contributed by atoms with Gasteiger partial charge in [-0.2, -0.15) is 0 Å². The molecule has 3 aliphatic rings. The summed E-state index contributed by atoms with van der Waals surface area (Å²) in [5, 5.41) is 14.5. The van der Waals surface area contributed by atoms with Gasteiger partial charge in [-0.3, -0.25) is 4.79 Å². The quantitative estimate of drug-likeness (QED) is 0.452. The van der Waals surface area contributed by atoms with Crippen LogP contribution in [0.25, 0.3) is 0 Å². The second kappa shape index (κ2) is 12.2. The van der Waals surface area contributed by atoms with E-state index in [4.69, 9.17) is 9.47 Å². The molecule has 2 saturated heterocycles. The highest BCUT2D eigenvalue weighted by atomic mass is 16.5. The second-order valence-electron chi connectivity index (χ2n) is 13.1. The summed E-state index contributed by atoms with van der Waals surface area (Å²) in [6.07, 6.45) is 7.88. The molecule has 3 fully saturated rings. The zero-order chi connectivity index (χ0) is 30.2. The lowest BCUT2D eigenvalue weighted by atomic mass is 9.72. The van der Waals surface area contributed by atoms with Gasteiger partial charge >= 0.3 is 5.97 Å². The Bertz CT molecular complexity index is 1280. The normalized spacial score (nSPS) is 26.2. The summed E-state index contributed by atoms with van der Waals surface area (Å²) in [6.45, 7) is 7.06. The number of likely N-dealkylation sites (tertiary alicyclic amines) is 1. The van der Waals surface area contributed by atoms with Gasteiger partial charge in [0.15, 0.2) is 0 Å². The van der Waals surface area contributed by atoms with E-state index in [1.165, 1.54) is 12.0 Å². The van der Waals surface area contributed by atoms with Gasteiger partial charge in [0.05, 0.1) is 13.2 Å². The molecule has 10 heteroatoms. The number of pyridine rings is 2.